The topological polar surface area (TPSA) is 32.5 Å². The summed E-state index contributed by atoms with van der Waals surface area (Å²) in [6.07, 6.45) is 3.57. The van der Waals surface area contributed by atoms with Crippen LogP contribution in [-0.4, -0.2) is 49.6 Å². The average Bonchev–Trinajstić information content (AvgIpc) is 2.87. The van der Waals surface area contributed by atoms with Crippen LogP contribution in [0.15, 0.2) is 12.1 Å². The van der Waals surface area contributed by atoms with E-state index in [1.54, 1.807) is 11.3 Å². The second-order valence-electron chi connectivity index (χ2n) is 6.35. The molecule has 1 aliphatic heterocycles. The van der Waals surface area contributed by atoms with Crippen molar-refractivity contribution in [3.05, 3.63) is 21.3 Å². The summed E-state index contributed by atoms with van der Waals surface area (Å²) >= 11 is 7.78. The predicted molar refractivity (Wildman–Crippen MR) is 93.2 cm³/mol. The van der Waals surface area contributed by atoms with Gasteiger partial charge in [-0.25, -0.2) is 0 Å². The van der Waals surface area contributed by atoms with Crippen LogP contribution in [0.1, 0.15) is 37.1 Å². The molecule has 1 aromatic rings. The molecule has 2 atom stereocenters. The van der Waals surface area contributed by atoms with Gasteiger partial charge in [-0.2, -0.15) is 0 Å². The van der Waals surface area contributed by atoms with Gasteiger partial charge in [-0.1, -0.05) is 18.5 Å². The van der Waals surface area contributed by atoms with Crippen molar-refractivity contribution in [3.63, 3.8) is 0 Å². The van der Waals surface area contributed by atoms with Crippen LogP contribution in [-0.2, 0) is 0 Å². The molecule has 2 N–H and O–H groups in total. The van der Waals surface area contributed by atoms with Crippen molar-refractivity contribution >= 4 is 22.9 Å². The molecular formula is C16H28ClN3S. The fourth-order valence-corrected chi connectivity index (χ4v) is 4.53. The first kappa shape index (κ1) is 17.2. The number of hydrogen-bond donors (Lipinski definition) is 1. The molecule has 1 saturated heterocycles. The van der Waals surface area contributed by atoms with Crippen LogP contribution in [0.3, 0.4) is 0 Å². The Kier molecular flexibility index (Phi) is 6.51. The van der Waals surface area contributed by atoms with E-state index in [-0.39, 0.29) is 12.1 Å². The third-order valence-electron chi connectivity index (χ3n) is 4.62. The summed E-state index contributed by atoms with van der Waals surface area (Å²) < 4.78 is 0.853. The molecule has 120 valence electrons. The van der Waals surface area contributed by atoms with Gasteiger partial charge >= 0.3 is 0 Å². The molecule has 0 radical (unpaired) electrons. The highest BCUT2D eigenvalue weighted by Gasteiger charge is 2.27. The summed E-state index contributed by atoms with van der Waals surface area (Å²) in [4.78, 5) is 6.17. The molecule has 0 spiro atoms. The Labute approximate surface area is 138 Å². The zero-order chi connectivity index (χ0) is 15.4. The number of piperidine rings is 1. The van der Waals surface area contributed by atoms with E-state index >= 15 is 0 Å². The van der Waals surface area contributed by atoms with Gasteiger partial charge < -0.3 is 10.6 Å². The maximum absolute atomic E-state index is 6.40. The minimum atomic E-state index is 0.163. The Morgan fingerprint density at radius 1 is 1.43 bits per heavy atom. The van der Waals surface area contributed by atoms with Gasteiger partial charge in [0.1, 0.15) is 0 Å². The lowest BCUT2D eigenvalue weighted by atomic mass is 9.95. The summed E-state index contributed by atoms with van der Waals surface area (Å²) in [5.74, 6) is 0.785. The van der Waals surface area contributed by atoms with E-state index in [1.807, 2.05) is 6.07 Å². The highest BCUT2D eigenvalue weighted by atomic mass is 35.5. The van der Waals surface area contributed by atoms with E-state index in [4.69, 9.17) is 17.3 Å². The first-order chi connectivity index (χ1) is 10.0. The minimum absolute atomic E-state index is 0.163. The standard InChI is InChI=1S/C16H28ClN3S/c1-4-13(18)16(14-5-6-15(17)21-14)20(3)11-12-7-9-19(2)10-8-12/h5-6,12-13,16H,4,7-11,18H2,1-3H3. The molecule has 0 aliphatic carbocycles. The lowest BCUT2D eigenvalue weighted by Crippen LogP contribution is -2.42. The molecule has 5 heteroatoms. The zero-order valence-corrected chi connectivity index (χ0v) is 15.0. The molecule has 21 heavy (non-hydrogen) atoms. The average molecular weight is 330 g/mol. The monoisotopic (exact) mass is 329 g/mol. The summed E-state index contributed by atoms with van der Waals surface area (Å²) in [6, 6.07) is 4.57. The van der Waals surface area contributed by atoms with Crippen molar-refractivity contribution < 1.29 is 0 Å². The second-order valence-corrected chi connectivity index (χ2v) is 8.09. The smallest absolute Gasteiger partial charge is 0.0931 e. The normalized spacial score (nSPS) is 20.9. The van der Waals surface area contributed by atoms with Gasteiger partial charge in [-0.05, 0) is 64.5 Å². The number of hydrogen-bond acceptors (Lipinski definition) is 4. The van der Waals surface area contributed by atoms with Crippen LogP contribution in [0.4, 0.5) is 0 Å². The Balaban J connectivity index is 2.02. The zero-order valence-electron chi connectivity index (χ0n) is 13.4. The van der Waals surface area contributed by atoms with Crippen molar-refractivity contribution in [2.75, 3.05) is 33.7 Å². The molecule has 0 bridgehead atoms. The van der Waals surface area contributed by atoms with Gasteiger partial charge in [0.15, 0.2) is 0 Å². The molecule has 1 aliphatic rings. The first-order valence-corrected chi connectivity index (χ1v) is 9.10. The SMILES string of the molecule is CCC(N)C(c1ccc(Cl)s1)N(C)CC1CCN(C)CC1. The van der Waals surface area contributed by atoms with Crippen LogP contribution < -0.4 is 5.73 Å². The lowest BCUT2D eigenvalue weighted by molar-refractivity contribution is 0.138. The highest BCUT2D eigenvalue weighted by Crippen LogP contribution is 2.33. The molecule has 0 aromatic carbocycles. The third kappa shape index (κ3) is 4.67. The molecule has 2 heterocycles. The number of halogens is 1. The van der Waals surface area contributed by atoms with Crippen LogP contribution in [0, 0.1) is 5.92 Å². The molecule has 3 nitrogen and oxygen atoms in total. The minimum Gasteiger partial charge on any atom is -0.326 e. The fraction of sp³-hybridized carbons (Fsp3) is 0.750. The summed E-state index contributed by atoms with van der Waals surface area (Å²) in [5, 5.41) is 0. The van der Waals surface area contributed by atoms with Gasteiger partial charge in [0.2, 0.25) is 0 Å². The van der Waals surface area contributed by atoms with Crippen molar-refractivity contribution in [1.82, 2.24) is 9.80 Å². The van der Waals surface area contributed by atoms with Gasteiger partial charge in [-0.15, -0.1) is 11.3 Å². The largest absolute Gasteiger partial charge is 0.326 e. The first-order valence-electron chi connectivity index (χ1n) is 7.90. The Morgan fingerprint density at radius 3 is 2.62 bits per heavy atom. The van der Waals surface area contributed by atoms with Gasteiger partial charge in [-0.3, -0.25) is 4.90 Å². The fourth-order valence-electron chi connectivity index (χ4n) is 3.23. The van der Waals surface area contributed by atoms with E-state index in [1.165, 1.54) is 30.8 Å². The van der Waals surface area contributed by atoms with Crippen LogP contribution >= 0.6 is 22.9 Å². The molecule has 1 fully saturated rings. The van der Waals surface area contributed by atoms with Crippen molar-refractivity contribution in [2.24, 2.45) is 11.7 Å². The number of thiophene rings is 1. The van der Waals surface area contributed by atoms with Gasteiger partial charge in [0.05, 0.1) is 10.4 Å². The Hall–Kier alpha value is -0.130. The molecule has 2 rings (SSSR count). The number of nitrogens with two attached hydrogens (primary N) is 1. The molecule has 1 aromatic heterocycles. The lowest BCUT2D eigenvalue weighted by Gasteiger charge is -2.36. The maximum Gasteiger partial charge on any atom is 0.0931 e. The van der Waals surface area contributed by atoms with Crippen LogP contribution in [0.5, 0.6) is 0 Å². The summed E-state index contributed by atoms with van der Waals surface area (Å²) in [7, 11) is 4.43. The number of rotatable bonds is 6. The van der Waals surface area contributed by atoms with Crippen molar-refractivity contribution in [2.45, 2.75) is 38.3 Å². The van der Waals surface area contributed by atoms with Crippen molar-refractivity contribution in [1.29, 1.82) is 0 Å². The Bertz CT molecular complexity index is 429. The molecule has 2 unspecified atom stereocenters. The third-order valence-corrected chi connectivity index (χ3v) is 5.92. The van der Waals surface area contributed by atoms with Gasteiger partial charge in [0, 0.05) is 17.5 Å². The highest BCUT2D eigenvalue weighted by molar-refractivity contribution is 7.16. The van der Waals surface area contributed by atoms with E-state index < -0.39 is 0 Å². The summed E-state index contributed by atoms with van der Waals surface area (Å²) in [6.45, 7) is 5.72. The quantitative estimate of drug-likeness (QED) is 0.867. The summed E-state index contributed by atoms with van der Waals surface area (Å²) in [5.41, 5.74) is 6.40. The molecule has 0 amide bonds. The van der Waals surface area contributed by atoms with Crippen LogP contribution in [0.25, 0.3) is 0 Å². The molecule has 0 saturated carbocycles. The van der Waals surface area contributed by atoms with Gasteiger partial charge in [0.25, 0.3) is 0 Å². The van der Waals surface area contributed by atoms with E-state index in [0.29, 0.717) is 0 Å². The number of likely N-dealkylation sites (N-methyl/N-ethyl adjacent to an activating group) is 1. The molecular weight excluding hydrogens is 302 g/mol. The van der Waals surface area contributed by atoms with Crippen LogP contribution in [0.2, 0.25) is 4.34 Å². The predicted octanol–water partition coefficient (Wildman–Crippen LogP) is 3.45. The Morgan fingerprint density at radius 2 is 2.10 bits per heavy atom. The number of likely N-dealkylation sites (tertiary alicyclic amines) is 1. The number of nitrogens with zero attached hydrogens (tertiary/aromatic N) is 2. The maximum atomic E-state index is 6.40. The van der Waals surface area contributed by atoms with E-state index in [0.717, 1.165) is 23.2 Å². The van der Waals surface area contributed by atoms with E-state index in [9.17, 15) is 0 Å². The second kappa shape index (κ2) is 7.93. The van der Waals surface area contributed by atoms with E-state index in [2.05, 4.69) is 36.9 Å². The van der Waals surface area contributed by atoms with Crippen molar-refractivity contribution in [3.8, 4) is 0 Å².